The van der Waals surface area contributed by atoms with Crippen LogP contribution in [0.5, 0.6) is 0 Å². The molecule has 1 unspecified atom stereocenters. The highest BCUT2D eigenvalue weighted by atomic mass is 15.2. The monoisotopic (exact) mass is 273 g/mol. The van der Waals surface area contributed by atoms with E-state index in [1.54, 1.807) is 0 Å². The summed E-state index contributed by atoms with van der Waals surface area (Å²) in [6.07, 6.45) is 3.99. The molecule has 0 amide bonds. The molecule has 0 aromatic heterocycles. The van der Waals surface area contributed by atoms with E-state index in [0.717, 1.165) is 13.1 Å². The Balaban J connectivity index is 1.65. The zero-order chi connectivity index (χ0) is 13.8. The predicted molar refractivity (Wildman–Crippen MR) is 83.8 cm³/mol. The Morgan fingerprint density at radius 1 is 1.25 bits per heavy atom. The Morgan fingerprint density at radius 2 is 2.05 bits per heavy atom. The highest BCUT2D eigenvalue weighted by molar-refractivity contribution is 5.31. The van der Waals surface area contributed by atoms with Crippen molar-refractivity contribution >= 4 is 0 Å². The third-order valence-electron chi connectivity index (χ3n) is 4.82. The first-order valence-corrected chi connectivity index (χ1v) is 8.06. The molecule has 20 heavy (non-hydrogen) atoms. The first-order valence-electron chi connectivity index (χ1n) is 8.06. The lowest BCUT2D eigenvalue weighted by Crippen LogP contribution is -2.34. The van der Waals surface area contributed by atoms with E-state index in [2.05, 4.69) is 46.4 Å². The molecule has 0 bridgehead atoms. The van der Waals surface area contributed by atoms with Crippen LogP contribution in [0.25, 0.3) is 0 Å². The summed E-state index contributed by atoms with van der Waals surface area (Å²) in [4.78, 5) is 5.17. The summed E-state index contributed by atoms with van der Waals surface area (Å²) in [5.41, 5.74) is 3.00. The van der Waals surface area contributed by atoms with Crippen molar-refractivity contribution in [2.24, 2.45) is 0 Å². The van der Waals surface area contributed by atoms with Gasteiger partial charge in [0.05, 0.1) is 0 Å². The Morgan fingerprint density at radius 3 is 2.90 bits per heavy atom. The van der Waals surface area contributed by atoms with Gasteiger partial charge < -0.3 is 10.2 Å². The van der Waals surface area contributed by atoms with E-state index in [9.17, 15) is 0 Å². The third kappa shape index (κ3) is 3.22. The van der Waals surface area contributed by atoms with Gasteiger partial charge in [-0.2, -0.15) is 0 Å². The maximum atomic E-state index is 3.55. The van der Waals surface area contributed by atoms with Crippen LogP contribution in [0.1, 0.15) is 36.4 Å². The molecule has 1 N–H and O–H groups in total. The zero-order valence-electron chi connectivity index (χ0n) is 12.6. The predicted octanol–water partition coefficient (Wildman–Crippen LogP) is 2.25. The average Bonchev–Trinajstić information content (AvgIpc) is 2.90. The van der Waals surface area contributed by atoms with Gasteiger partial charge in [-0.3, -0.25) is 4.90 Å². The molecule has 2 aliphatic rings. The standard InChI is InChI=1S/C17H27N3/c1-19(12-13-20-10-4-5-11-20)17-8-9-18-14-15-6-2-3-7-16(15)17/h2-3,6-7,17-18H,4-5,8-14H2,1H3. The lowest BCUT2D eigenvalue weighted by molar-refractivity contribution is 0.199. The number of nitrogens with one attached hydrogen (secondary N) is 1. The fourth-order valence-corrected chi connectivity index (χ4v) is 3.56. The van der Waals surface area contributed by atoms with E-state index in [1.165, 1.54) is 56.6 Å². The summed E-state index contributed by atoms with van der Waals surface area (Å²) in [5, 5.41) is 3.55. The summed E-state index contributed by atoms with van der Waals surface area (Å²) in [7, 11) is 2.29. The molecule has 2 heterocycles. The van der Waals surface area contributed by atoms with Gasteiger partial charge in [0.25, 0.3) is 0 Å². The lowest BCUT2D eigenvalue weighted by Gasteiger charge is -2.30. The van der Waals surface area contributed by atoms with Crippen molar-refractivity contribution in [1.29, 1.82) is 0 Å². The molecular weight excluding hydrogens is 246 g/mol. The van der Waals surface area contributed by atoms with Crippen LogP contribution in [0.4, 0.5) is 0 Å². The third-order valence-corrected chi connectivity index (χ3v) is 4.82. The van der Waals surface area contributed by atoms with Gasteiger partial charge in [-0.25, -0.2) is 0 Å². The number of benzene rings is 1. The summed E-state index contributed by atoms with van der Waals surface area (Å²) in [6, 6.07) is 9.51. The van der Waals surface area contributed by atoms with Crippen molar-refractivity contribution in [2.45, 2.75) is 31.8 Å². The number of hydrogen-bond donors (Lipinski definition) is 1. The molecule has 1 saturated heterocycles. The van der Waals surface area contributed by atoms with Crippen LogP contribution < -0.4 is 5.32 Å². The highest BCUT2D eigenvalue weighted by Crippen LogP contribution is 2.28. The fourth-order valence-electron chi connectivity index (χ4n) is 3.56. The summed E-state index contributed by atoms with van der Waals surface area (Å²) in [5.74, 6) is 0. The number of likely N-dealkylation sites (N-methyl/N-ethyl adjacent to an activating group) is 1. The number of likely N-dealkylation sites (tertiary alicyclic amines) is 1. The van der Waals surface area contributed by atoms with Gasteiger partial charge in [0.2, 0.25) is 0 Å². The van der Waals surface area contributed by atoms with Crippen LogP contribution in [-0.2, 0) is 6.54 Å². The minimum atomic E-state index is 0.573. The highest BCUT2D eigenvalue weighted by Gasteiger charge is 2.22. The second kappa shape index (κ2) is 6.70. The summed E-state index contributed by atoms with van der Waals surface area (Å²) >= 11 is 0. The molecule has 1 fully saturated rings. The number of nitrogens with zero attached hydrogens (tertiary/aromatic N) is 2. The molecule has 0 radical (unpaired) electrons. The smallest absolute Gasteiger partial charge is 0.0360 e. The van der Waals surface area contributed by atoms with Gasteiger partial charge >= 0.3 is 0 Å². The van der Waals surface area contributed by atoms with Gasteiger partial charge in [-0.15, -0.1) is 0 Å². The summed E-state index contributed by atoms with van der Waals surface area (Å²) < 4.78 is 0. The first-order chi connectivity index (χ1) is 9.84. The molecule has 1 atom stereocenters. The minimum absolute atomic E-state index is 0.573. The van der Waals surface area contributed by atoms with E-state index < -0.39 is 0 Å². The Labute approximate surface area is 123 Å². The second-order valence-electron chi connectivity index (χ2n) is 6.21. The van der Waals surface area contributed by atoms with Gasteiger partial charge in [0.15, 0.2) is 0 Å². The molecular formula is C17H27N3. The van der Waals surface area contributed by atoms with Crippen molar-refractivity contribution < 1.29 is 0 Å². The van der Waals surface area contributed by atoms with Crippen molar-refractivity contribution in [1.82, 2.24) is 15.1 Å². The minimum Gasteiger partial charge on any atom is -0.313 e. The molecule has 0 saturated carbocycles. The van der Waals surface area contributed by atoms with E-state index >= 15 is 0 Å². The van der Waals surface area contributed by atoms with Crippen LogP contribution in [0.15, 0.2) is 24.3 Å². The largest absolute Gasteiger partial charge is 0.313 e. The SMILES string of the molecule is CN(CCN1CCCC1)C1CCNCc2ccccc21. The van der Waals surface area contributed by atoms with Crippen LogP contribution in [-0.4, -0.2) is 49.6 Å². The lowest BCUT2D eigenvalue weighted by atomic mass is 9.98. The Hall–Kier alpha value is -0.900. The Bertz CT molecular complexity index is 426. The van der Waals surface area contributed by atoms with Crippen LogP contribution in [0.2, 0.25) is 0 Å². The van der Waals surface area contributed by atoms with Gasteiger partial charge in [-0.05, 0) is 57.1 Å². The van der Waals surface area contributed by atoms with Crippen molar-refractivity contribution in [2.75, 3.05) is 39.8 Å². The van der Waals surface area contributed by atoms with E-state index in [4.69, 9.17) is 0 Å². The molecule has 110 valence electrons. The van der Waals surface area contributed by atoms with Crippen LogP contribution in [0, 0.1) is 0 Å². The summed E-state index contributed by atoms with van der Waals surface area (Å²) in [6.45, 7) is 7.15. The second-order valence-corrected chi connectivity index (χ2v) is 6.21. The molecule has 2 aliphatic heterocycles. The fraction of sp³-hybridized carbons (Fsp3) is 0.647. The quantitative estimate of drug-likeness (QED) is 0.908. The van der Waals surface area contributed by atoms with Gasteiger partial charge in [0, 0.05) is 25.7 Å². The zero-order valence-corrected chi connectivity index (χ0v) is 12.6. The van der Waals surface area contributed by atoms with E-state index in [-0.39, 0.29) is 0 Å². The maximum Gasteiger partial charge on any atom is 0.0360 e. The van der Waals surface area contributed by atoms with E-state index in [0.29, 0.717) is 6.04 Å². The number of fused-ring (bicyclic) bond motifs is 1. The van der Waals surface area contributed by atoms with Crippen molar-refractivity contribution in [3.05, 3.63) is 35.4 Å². The maximum absolute atomic E-state index is 3.55. The first kappa shape index (κ1) is 14.1. The normalized spacial score (nSPS) is 23.8. The van der Waals surface area contributed by atoms with Crippen LogP contribution in [0.3, 0.4) is 0 Å². The molecule has 3 heteroatoms. The van der Waals surface area contributed by atoms with Gasteiger partial charge in [0.1, 0.15) is 0 Å². The van der Waals surface area contributed by atoms with Crippen molar-refractivity contribution in [3.63, 3.8) is 0 Å². The van der Waals surface area contributed by atoms with E-state index in [1.807, 2.05) is 0 Å². The topological polar surface area (TPSA) is 18.5 Å². The molecule has 1 aromatic rings. The molecule has 0 aliphatic carbocycles. The van der Waals surface area contributed by atoms with Crippen LogP contribution >= 0.6 is 0 Å². The average molecular weight is 273 g/mol. The number of rotatable bonds is 4. The molecule has 3 rings (SSSR count). The Kier molecular flexibility index (Phi) is 4.71. The van der Waals surface area contributed by atoms with Crippen molar-refractivity contribution in [3.8, 4) is 0 Å². The van der Waals surface area contributed by atoms with Gasteiger partial charge in [-0.1, -0.05) is 24.3 Å². The molecule has 1 aromatic carbocycles. The molecule has 0 spiro atoms. The number of hydrogen-bond acceptors (Lipinski definition) is 3. The molecule has 3 nitrogen and oxygen atoms in total.